The summed E-state index contributed by atoms with van der Waals surface area (Å²) in [5.41, 5.74) is 2.82. The standard InChI is InChI=1S/C14H10BrN/c1-2-11-6-3-4-9-14(11)16-13-8-5-7-12(15)10-13/h1,3-10,16H. The molecule has 0 spiro atoms. The van der Waals surface area contributed by atoms with Gasteiger partial charge in [-0.25, -0.2) is 0 Å². The molecule has 2 rings (SSSR count). The molecule has 0 saturated carbocycles. The Morgan fingerprint density at radius 2 is 1.88 bits per heavy atom. The monoisotopic (exact) mass is 271 g/mol. The van der Waals surface area contributed by atoms with Crippen molar-refractivity contribution < 1.29 is 0 Å². The predicted octanol–water partition coefficient (Wildman–Crippen LogP) is 4.17. The lowest BCUT2D eigenvalue weighted by molar-refractivity contribution is 1.51. The van der Waals surface area contributed by atoms with Crippen LogP contribution in [0, 0.1) is 12.3 Å². The van der Waals surface area contributed by atoms with Gasteiger partial charge in [-0.15, -0.1) is 6.42 Å². The van der Waals surface area contributed by atoms with Gasteiger partial charge < -0.3 is 5.32 Å². The number of benzene rings is 2. The van der Waals surface area contributed by atoms with Crippen molar-refractivity contribution in [1.82, 2.24) is 0 Å². The second kappa shape index (κ2) is 4.87. The minimum absolute atomic E-state index is 0.863. The molecule has 0 radical (unpaired) electrons. The molecular weight excluding hydrogens is 262 g/mol. The molecule has 0 aromatic heterocycles. The molecule has 1 nitrogen and oxygen atoms in total. The average molecular weight is 272 g/mol. The molecule has 16 heavy (non-hydrogen) atoms. The van der Waals surface area contributed by atoms with Gasteiger partial charge in [-0.1, -0.05) is 40.0 Å². The van der Waals surface area contributed by atoms with Gasteiger partial charge in [0.2, 0.25) is 0 Å². The van der Waals surface area contributed by atoms with E-state index in [2.05, 4.69) is 27.2 Å². The van der Waals surface area contributed by atoms with E-state index in [0.29, 0.717) is 0 Å². The van der Waals surface area contributed by atoms with Crippen molar-refractivity contribution in [2.24, 2.45) is 0 Å². The molecule has 0 aliphatic rings. The van der Waals surface area contributed by atoms with Crippen LogP contribution in [0.1, 0.15) is 5.56 Å². The van der Waals surface area contributed by atoms with E-state index in [0.717, 1.165) is 21.4 Å². The van der Waals surface area contributed by atoms with Crippen LogP contribution in [0.2, 0.25) is 0 Å². The van der Waals surface area contributed by atoms with E-state index in [1.165, 1.54) is 0 Å². The van der Waals surface area contributed by atoms with Gasteiger partial charge >= 0.3 is 0 Å². The second-order valence-corrected chi connectivity index (χ2v) is 4.24. The zero-order valence-electron chi connectivity index (χ0n) is 8.57. The molecule has 1 N–H and O–H groups in total. The van der Waals surface area contributed by atoms with Crippen LogP contribution in [0.25, 0.3) is 0 Å². The van der Waals surface area contributed by atoms with Crippen LogP contribution in [0.15, 0.2) is 53.0 Å². The van der Waals surface area contributed by atoms with Crippen molar-refractivity contribution in [3.05, 3.63) is 58.6 Å². The van der Waals surface area contributed by atoms with Crippen LogP contribution in [0.3, 0.4) is 0 Å². The molecule has 0 atom stereocenters. The number of halogens is 1. The number of nitrogens with one attached hydrogen (secondary N) is 1. The first kappa shape index (κ1) is 10.8. The molecule has 2 heteroatoms. The highest BCUT2D eigenvalue weighted by atomic mass is 79.9. The third kappa shape index (κ3) is 2.44. The fourth-order valence-electron chi connectivity index (χ4n) is 1.44. The van der Waals surface area contributed by atoms with E-state index in [1.807, 2.05) is 48.5 Å². The largest absolute Gasteiger partial charge is 0.354 e. The van der Waals surface area contributed by atoms with Crippen LogP contribution in [-0.2, 0) is 0 Å². The van der Waals surface area contributed by atoms with Gasteiger partial charge in [-0.3, -0.25) is 0 Å². The van der Waals surface area contributed by atoms with Crippen LogP contribution in [-0.4, -0.2) is 0 Å². The van der Waals surface area contributed by atoms with Gasteiger partial charge in [-0.05, 0) is 30.3 Å². The smallest absolute Gasteiger partial charge is 0.0543 e. The summed E-state index contributed by atoms with van der Waals surface area (Å²) in [5.74, 6) is 2.66. The Hall–Kier alpha value is -1.72. The molecule has 0 fully saturated rings. The van der Waals surface area contributed by atoms with Crippen LogP contribution >= 0.6 is 15.9 Å². The van der Waals surface area contributed by atoms with Gasteiger partial charge in [0.05, 0.1) is 5.69 Å². The zero-order chi connectivity index (χ0) is 11.4. The number of para-hydroxylation sites is 1. The van der Waals surface area contributed by atoms with Gasteiger partial charge in [0.15, 0.2) is 0 Å². The van der Waals surface area contributed by atoms with Gasteiger partial charge in [0.25, 0.3) is 0 Å². The molecule has 0 aliphatic carbocycles. The fraction of sp³-hybridized carbons (Fsp3) is 0. The van der Waals surface area contributed by atoms with Crippen molar-refractivity contribution in [3.8, 4) is 12.3 Å². The molecule has 0 unspecified atom stereocenters. The molecular formula is C14H10BrN. The van der Waals surface area contributed by atoms with Gasteiger partial charge in [0, 0.05) is 15.7 Å². The summed E-state index contributed by atoms with van der Waals surface area (Å²) in [7, 11) is 0. The number of hydrogen-bond acceptors (Lipinski definition) is 1. The Labute approximate surface area is 104 Å². The Kier molecular flexibility index (Phi) is 3.28. The number of hydrogen-bond donors (Lipinski definition) is 1. The summed E-state index contributed by atoms with van der Waals surface area (Å²) in [6.45, 7) is 0. The van der Waals surface area contributed by atoms with E-state index in [9.17, 15) is 0 Å². The van der Waals surface area contributed by atoms with Crippen molar-refractivity contribution in [2.45, 2.75) is 0 Å². The molecule has 0 saturated heterocycles. The fourth-order valence-corrected chi connectivity index (χ4v) is 1.84. The Morgan fingerprint density at radius 3 is 2.62 bits per heavy atom. The lowest BCUT2D eigenvalue weighted by Crippen LogP contribution is -1.92. The minimum Gasteiger partial charge on any atom is -0.354 e. The summed E-state index contributed by atoms with van der Waals surface area (Å²) in [6, 6.07) is 15.7. The third-order valence-corrected chi connectivity index (χ3v) is 2.68. The molecule has 0 heterocycles. The van der Waals surface area contributed by atoms with Gasteiger partial charge in [-0.2, -0.15) is 0 Å². The zero-order valence-corrected chi connectivity index (χ0v) is 10.2. The summed E-state index contributed by atoms with van der Waals surface area (Å²) < 4.78 is 1.04. The molecule has 2 aromatic carbocycles. The molecule has 78 valence electrons. The summed E-state index contributed by atoms with van der Waals surface area (Å²) in [5, 5.41) is 3.29. The summed E-state index contributed by atoms with van der Waals surface area (Å²) in [6.07, 6.45) is 5.43. The third-order valence-electron chi connectivity index (χ3n) is 2.19. The van der Waals surface area contributed by atoms with E-state index in [1.54, 1.807) is 0 Å². The Balaban J connectivity index is 2.31. The SMILES string of the molecule is C#Cc1ccccc1Nc1cccc(Br)c1. The van der Waals surface area contributed by atoms with E-state index in [-0.39, 0.29) is 0 Å². The highest BCUT2D eigenvalue weighted by Gasteiger charge is 1.99. The van der Waals surface area contributed by atoms with Gasteiger partial charge in [0.1, 0.15) is 0 Å². The lowest BCUT2D eigenvalue weighted by Gasteiger charge is -2.08. The maximum absolute atomic E-state index is 5.43. The predicted molar refractivity (Wildman–Crippen MR) is 71.8 cm³/mol. The maximum atomic E-state index is 5.43. The van der Waals surface area contributed by atoms with E-state index < -0.39 is 0 Å². The number of rotatable bonds is 2. The normalized spacial score (nSPS) is 9.50. The van der Waals surface area contributed by atoms with Crippen LogP contribution < -0.4 is 5.32 Å². The van der Waals surface area contributed by atoms with Crippen molar-refractivity contribution in [1.29, 1.82) is 0 Å². The molecule has 0 amide bonds. The lowest BCUT2D eigenvalue weighted by atomic mass is 10.2. The highest BCUT2D eigenvalue weighted by Crippen LogP contribution is 2.22. The topological polar surface area (TPSA) is 12.0 Å². The molecule has 0 aliphatic heterocycles. The maximum Gasteiger partial charge on any atom is 0.0543 e. The van der Waals surface area contributed by atoms with Crippen LogP contribution in [0.4, 0.5) is 11.4 Å². The van der Waals surface area contributed by atoms with Crippen molar-refractivity contribution in [3.63, 3.8) is 0 Å². The quantitative estimate of drug-likeness (QED) is 0.809. The van der Waals surface area contributed by atoms with E-state index in [4.69, 9.17) is 6.42 Å². The van der Waals surface area contributed by atoms with Crippen molar-refractivity contribution >= 4 is 27.3 Å². The molecule has 2 aromatic rings. The first-order chi connectivity index (χ1) is 7.79. The first-order valence-corrected chi connectivity index (χ1v) is 5.67. The highest BCUT2D eigenvalue weighted by molar-refractivity contribution is 9.10. The Bertz CT molecular complexity index is 540. The average Bonchev–Trinajstić information content (AvgIpc) is 2.30. The van der Waals surface area contributed by atoms with Crippen molar-refractivity contribution in [2.75, 3.05) is 5.32 Å². The minimum atomic E-state index is 0.863. The molecule has 0 bridgehead atoms. The van der Waals surface area contributed by atoms with E-state index >= 15 is 0 Å². The number of anilines is 2. The second-order valence-electron chi connectivity index (χ2n) is 3.33. The summed E-state index contributed by atoms with van der Waals surface area (Å²) >= 11 is 3.43. The van der Waals surface area contributed by atoms with Crippen LogP contribution in [0.5, 0.6) is 0 Å². The number of terminal acetylenes is 1. The first-order valence-electron chi connectivity index (χ1n) is 4.88. The Morgan fingerprint density at radius 1 is 1.06 bits per heavy atom. The summed E-state index contributed by atoms with van der Waals surface area (Å²) in [4.78, 5) is 0.